The molecule has 2 heterocycles. The Kier molecular flexibility index (Phi) is 6.04. The van der Waals surface area contributed by atoms with Crippen LogP contribution in [0.5, 0.6) is 0 Å². The van der Waals surface area contributed by atoms with Crippen LogP contribution in [0.4, 0.5) is 10.1 Å². The first-order valence-electron chi connectivity index (χ1n) is 10.9. The molecule has 1 aliphatic heterocycles. The van der Waals surface area contributed by atoms with Gasteiger partial charge in [0, 0.05) is 6.54 Å². The van der Waals surface area contributed by atoms with Gasteiger partial charge in [-0.1, -0.05) is 32.1 Å². The minimum Gasteiger partial charge on any atom is -0.467 e. The molecule has 1 aromatic heterocycles. The topological polar surface area (TPSA) is 84.2 Å². The Labute approximate surface area is 171 Å². The van der Waals surface area contributed by atoms with Crippen LogP contribution >= 0.6 is 0 Å². The number of hydrogen-bond donors (Lipinski definition) is 2. The summed E-state index contributed by atoms with van der Waals surface area (Å²) in [6.07, 6.45) is 9.92. The summed E-state index contributed by atoms with van der Waals surface area (Å²) in [6, 6.07) is 2.91. The molecule has 2 aliphatic rings. The zero-order valence-corrected chi connectivity index (χ0v) is 17.1. The molecule has 4 rings (SSSR count). The highest BCUT2D eigenvalue weighted by Crippen LogP contribution is 2.35. The number of ether oxygens (including phenoxy) is 1. The number of benzene rings is 1. The van der Waals surface area contributed by atoms with Gasteiger partial charge in [-0.15, -0.1) is 0 Å². The van der Waals surface area contributed by atoms with Crippen molar-refractivity contribution >= 4 is 22.7 Å². The van der Waals surface area contributed by atoms with Crippen molar-refractivity contribution in [2.24, 2.45) is 11.7 Å². The van der Waals surface area contributed by atoms with Crippen molar-refractivity contribution in [2.75, 3.05) is 18.6 Å². The fraction of sp³-hybridized carbons (Fsp3) is 0.636. The molecule has 2 atom stereocenters. The summed E-state index contributed by atoms with van der Waals surface area (Å²) in [5.41, 5.74) is 7.91. The van der Waals surface area contributed by atoms with E-state index in [0.717, 1.165) is 19.3 Å². The van der Waals surface area contributed by atoms with Gasteiger partial charge in [0.05, 0.1) is 24.4 Å². The van der Waals surface area contributed by atoms with Crippen molar-refractivity contribution in [1.29, 1.82) is 0 Å². The Morgan fingerprint density at radius 3 is 2.66 bits per heavy atom. The molecule has 1 saturated carbocycles. The van der Waals surface area contributed by atoms with Crippen molar-refractivity contribution in [3.8, 4) is 0 Å². The van der Waals surface area contributed by atoms with Crippen LogP contribution in [0.3, 0.4) is 0 Å². The van der Waals surface area contributed by atoms with E-state index in [1.807, 2.05) is 6.07 Å². The zero-order valence-electron chi connectivity index (χ0n) is 17.1. The Balaban J connectivity index is 1.61. The number of esters is 1. The zero-order chi connectivity index (χ0) is 20.4. The number of methoxy groups -OCH3 is 1. The first-order valence-corrected chi connectivity index (χ1v) is 10.9. The van der Waals surface area contributed by atoms with Gasteiger partial charge in [0.2, 0.25) is 0 Å². The normalized spacial score (nSPS) is 22.4. The highest BCUT2D eigenvalue weighted by atomic mass is 19.1. The quantitative estimate of drug-likeness (QED) is 0.749. The first-order chi connectivity index (χ1) is 14.1. The third-order valence-corrected chi connectivity index (χ3v) is 6.60. The lowest BCUT2D eigenvalue weighted by Gasteiger charge is -2.25. The van der Waals surface area contributed by atoms with Crippen LogP contribution in [0.15, 0.2) is 12.1 Å². The molecule has 3 N–H and O–H groups in total. The third kappa shape index (κ3) is 3.97. The average Bonchev–Trinajstić information content (AvgIpc) is 3.34. The lowest BCUT2D eigenvalue weighted by atomic mass is 9.86. The van der Waals surface area contributed by atoms with E-state index in [4.69, 9.17) is 10.5 Å². The number of aromatic amines is 1. The molecular formula is C22H31FN4O2. The SMILES string of the molecule is COC(=O)C1CCCN1c1ccc2[nH]c(C(N)C3CCCCCCC3)nc2c1F. The number of nitrogens with one attached hydrogen (secondary N) is 1. The van der Waals surface area contributed by atoms with Crippen LogP contribution in [0.2, 0.25) is 0 Å². The molecule has 2 aromatic rings. The standard InChI is InChI=1S/C22H31FN4O2/c1-29-22(28)17-10-7-13-27(17)16-12-11-15-20(18(16)23)26-21(25-15)19(24)14-8-5-3-2-4-6-9-14/h11-12,14,17,19H,2-10,13,24H2,1H3,(H,25,26). The van der Waals surface area contributed by atoms with E-state index >= 15 is 4.39 Å². The van der Waals surface area contributed by atoms with Gasteiger partial charge < -0.3 is 20.4 Å². The maximum absolute atomic E-state index is 15.4. The number of imidazole rings is 1. The number of hydrogen-bond acceptors (Lipinski definition) is 5. The van der Waals surface area contributed by atoms with E-state index in [-0.39, 0.29) is 12.0 Å². The largest absolute Gasteiger partial charge is 0.467 e. The molecule has 2 unspecified atom stereocenters. The molecule has 158 valence electrons. The predicted molar refractivity (Wildman–Crippen MR) is 111 cm³/mol. The number of carbonyl (C=O) groups is 1. The summed E-state index contributed by atoms with van der Waals surface area (Å²) in [5.74, 6) is 0.315. The number of carbonyl (C=O) groups excluding carboxylic acids is 1. The van der Waals surface area contributed by atoms with E-state index in [1.165, 1.54) is 39.2 Å². The van der Waals surface area contributed by atoms with Gasteiger partial charge >= 0.3 is 5.97 Å². The van der Waals surface area contributed by atoms with Gasteiger partial charge in [-0.05, 0) is 43.7 Å². The van der Waals surface area contributed by atoms with Gasteiger partial charge in [0.25, 0.3) is 0 Å². The molecule has 0 bridgehead atoms. The number of aromatic nitrogens is 2. The number of H-pyrrole nitrogens is 1. The van der Waals surface area contributed by atoms with Crippen LogP contribution in [0.25, 0.3) is 11.0 Å². The maximum Gasteiger partial charge on any atom is 0.328 e. The fourth-order valence-corrected chi connectivity index (χ4v) is 4.94. The van der Waals surface area contributed by atoms with Crippen molar-refractivity contribution in [2.45, 2.75) is 69.9 Å². The minimum atomic E-state index is -0.442. The van der Waals surface area contributed by atoms with Crippen LogP contribution < -0.4 is 10.6 Å². The highest BCUT2D eigenvalue weighted by molar-refractivity contribution is 5.85. The van der Waals surface area contributed by atoms with Crippen molar-refractivity contribution in [3.63, 3.8) is 0 Å². The van der Waals surface area contributed by atoms with Gasteiger partial charge in [-0.2, -0.15) is 0 Å². The molecule has 2 fully saturated rings. The number of anilines is 1. The number of nitrogens with two attached hydrogens (primary N) is 1. The molecule has 0 amide bonds. The highest BCUT2D eigenvalue weighted by Gasteiger charge is 2.34. The van der Waals surface area contributed by atoms with E-state index in [2.05, 4.69) is 9.97 Å². The molecule has 1 saturated heterocycles. The second-order valence-electron chi connectivity index (χ2n) is 8.42. The van der Waals surface area contributed by atoms with Gasteiger partial charge in [0.1, 0.15) is 17.4 Å². The van der Waals surface area contributed by atoms with Crippen LogP contribution in [-0.4, -0.2) is 35.6 Å². The summed E-state index contributed by atoms with van der Waals surface area (Å²) in [7, 11) is 1.37. The lowest BCUT2D eigenvalue weighted by Crippen LogP contribution is -2.37. The van der Waals surface area contributed by atoms with E-state index in [0.29, 0.717) is 41.4 Å². The van der Waals surface area contributed by atoms with Gasteiger partial charge in [-0.3, -0.25) is 0 Å². The summed E-state index contributed by atoms with van der Waals surface area (Å²) in [6.45, 7) is 0.626. The second-order valence-corrected chi connectivity index (χ2v) is 8.42. The average molecular weight is 403 g/mol. The monoisotopic (exact) mass is 402 g/mol. The molecular weight excluding hydrogens is 371 g/mol. The smallest absolute Gasteiger partial charge is 0.328 e. The third-order valence-electron chi connectivity index (χ3n) is 6.60. The first kappa shape index (κ1) is 20.1. The van der Waals surface area contributed by atoms with Crippen molar-refractivity contribution in [1.82, 2.24) is 9.97 Å². The van der Waals surface area contributed by atoms with E-state index in [9.17, 15) is 4.79 Å². The lowest BCUT2D eigenvalue weighted by molar-refractivity contribution is -0.141. The van der Waals surface area contributed by atoms with Crippen LogP contribution in [0.1, 0.15) is 69.7 Å². The second kappa shape index (κ2) is 8.69. The molecule has 1 aliphatic carbocycles. The van der Waals surface area contributed by atoms with E-state index in [1.54, 1.807) is 11.0 Å². The number of rotatable bonds is 4. The maximum atomic E-state index is 15.4. The molecule has 6 nitrogen and oxygen atoms in total. The summed E-state index contributed by atoms with van der Waals surface area (Å²) in [4.78, 5) is 21.7. The predicted octanol–water partition coefficient (Wildman–Crippen LogP) is 4.20. The number of halogens is 1. The Morgan fingerprint density at radius 1 is 1.21 bits per heavy atom. The van der Waals surface area contributed by atoms with Crippen molar-refractivity contribution < 1.29 is 13.9 Å². The molecule has 0 spiro atoms. The molecule has 0 radical (unpaired) electrons. The molecule has 29 heavy (non-hydrogen) atoms. The van der Waals surface area contributed by atoms with Crippen LogP contribution in [0, 0.1) is 11.7 Å². The van der Waals surface area contributed by atoms with E-state index < -0.39 is 11.9 Å². The summed E-state index contributed by atoms with van der Waals surface area (Å²) >= 11 is 0. The minimum absolute atomic E-state index is 0.210. The molecule has 1 aromatic carbocycles. The Morgan fingerprint density at radius 2 is 1.93 bits per heavy atom. The molecule has 7 heteroatoms. The number of nitrogens with zero attached hydrogens (tertiary/aromatic N) is 2. The Bertz CT molecular complexity index is 860. The number of fused-ring (bicyclic) bond motifs is 1. The summed E-state index contributed by atoms with van der Waals surface area (Å²) < 4.78 is 20.3. The summed E-state index contributed by atoms with van der Waals surface area (Å²) in [5, 5.41) is 0. The van der Waals surface area contributed by atoms with Crippen LogP contribution in [-0.2, 0) is 9.53 Å². The van der Waals surface area contributed by atoms with Gasteiger partial charge in [0.15, 0.2) is 5.82 Å². The van der Waals surface area contributed by atoms with Crippen molar-refractivity contribution in [3.05, 3.63) is 23.8 Å². The Hall–Kier alpha value is -2.15. The van der Waals surface area contributed by atoms with Gasteiger partial charge in [-0.25, -0.2) is 14.2 Å². The fourth-order valence-electron chi connectivity index (χ4n) is 4.94.